The van der Waals surface area contributed by atoms with Crippen LogP contribution >= 0.6 is 12.4 Å². The third kappa shape index (κ3) is 4.37. The molecule has 0 saturated heterocycles. The SMILES string of the molecule is Cl.NC[C@H]1CCC[C@H]1C(=O)Nc1ccc(OCC2CC2)cc1. The molecule has 2 fully saturated rings. The van der Waals surface area contributed by atoms with Crippen molar-refractivity contribution in [2.24, 2.45) is 23.5 Å². The summed E-state index contributed by atoms with van der Waals surface area (Å²) >= 11 is 0. The van der Waals surface area contributed by atoms with Gasteiger partial charge in [0.05, 0.1) is 6.61 Å². The number of rotatable bonds is 6. The number of anilines is 1. The number of carbonyl (C=O) groups is 1. The average molecular weight is 325 g/mol. The molecule has 2 aliphatic carbocycles. The van der Waals surface area contributed by atoms with Crippen LogP contribution < -0.4 is 15.8 Å². The smallest absolute Gasteiger partial charge is 0.227 e. The van der Waals surface area contributed by atoms with Gasteiger partial charge in [-0.3, -0.25) is 4.79 Å². The molecule has 1 aromatic carbocycles. The number of amides is 1. The number of hydrogen-bond donors (Lipinski definition) is 2. The molecule has 3 rings (SSSR count). The Kier molecular flexibility index (Phi) is 6.09. The molecule has 122 valence electrons. The van der Waals surface area contributed by atoms with E-state index < -0.39 is 0 Å². The lowest BCUT2D eigenvalue weighted by molar-refractivity contribution is -0.120. The van der Waals surface area contributed by atoms with E-state index >= 15 is 0 Å². The Balaban J connectivity index is 0.00000176. The van der Waals surface area contributed by atoms with Crippen molar-refractivity contribution in [3.8, 4) is 5.75 Å². The topological polar surface area (TPSA) is 64.4 Å². The highest BCUT2D eigenvalue weighted by atomic mass is 35.5. The normalized spacial score (nSPS) is 23.7. The molecule has 0 heterocycles. The molecule has 2 atom stereocenters. The van der Waals surface area contributed by atoms with Gasteiger partial charge in [-0.15, -0.1) is 12.4 Å². The summed E-state index contributed by atoms with van der Waals surface area (Å²) in [6, 6.07) is 7.67. The highest BCUT2D eigenvalue weighted by molar-refractivity contribution is 5.93. The lowest BCUT2D eigenvalue weighted by Gasteiger charge is -2.17. The van der Waals surface area contributed by atoms with Crippen molar-refractivity contribution < 1.29 is 9.53 Å². The first-order valence-electron chi connectivity index (χ1n) is 8.00. The minimum atomic E-state index is 0. The first-order valence-corrected chi connectivity index (χ1v) is 8.00. The van der Waals surface area contributed by atoms with E-state index in [1.807, 2.05) is 24.3 Å². The third-order valence-corrected chi connectivity index (χ3v) is 4.60. The Bertz CT molecular complexity index is 488. The van der Waals surface area contributed by atoms with Crippen molar-refractivity contribution >= 4 is 24.0 Å². The molecule has 0 spiro atoms. The minimum Gasteiger partial charge on any atom is -0.493 e. The first kappa shape index (κ1) is 17.1. The van der Waals surface area contributed by atoms with Gasteiger partial charge >= 0.3 is 0 Å². The van der Waals surface area contributed by atoms with Gasteiger partial charge in [0.1, 0.15) is 5.75 Å². The highest BCUT2D eigenvalue weighted by Crippen LogP contribution is 2.32. The standard InChI is InChI=1S/C17H24N2O2.ClH/c18-10-13-2-1-3-16(13)17(20)19-14-6-8-15(9-7-14)21-11-12-4-5-12;/h6-9,12-13,16H,1-5,10-11,18H2,(H,19,20);1H/t13-,16-;/m1./s1. The van der Waals surface area contributed by atoms with E-state index in [0.717, 1.165) is 43.2 Å². The van der Waals surface area contributed by atoms with Gasteiger partial charge in [-0.1, -0.05) is 6.42 Å². The number of halogens is 1. The largest absolute Gasteiger partial charge is 0.493 e. The van der Waals surface area contributed by atoms with Gasteiger partial charge in [-0.05, 0) is 68.3 Å². The fourth-order valence-electron chi connectivity index (χ4n) is 3.03. The Labute approximate surface area is 138 Å². The summed E-state index contributed by atoms with van der Waals surface area (Å²) < 4.78 is 5.69. The fraction of sp³-hybridized carbons (Fsp3) is 0.588. The molecule has 1 amide bonds. The summed E-state index contributed by atoms with van der Waals surface area (Å²) in [6.45, 7) is 1.41. The van der Waals surface area contributed by atoms with Crippen molar-refractivity contribution in [3.63, 3.8) is 0 Å². The average Bonchev–Trinajstić information content (AvgIpc) is 3.21. The van der Waals surface area contributed by atoms with Crippen LogP contribution in [-0.4, -0.2) is 19.1 Å². The number of carbonyl (C=O) groups excluding carboxylic acids is 1. The van der Waals surface area contributed by atoms with Crippen molar-refractivity contribution in [1.29, 1.82) is 0 Å². The summed E-state index contributed by atoms with van der Waals surface area (Å²) in [7, 11) is 0. The van der Waals surface area contributed by atoms with Gasteiger partial charge < -0.3 is 15.8 Å². The monoisotopic (exact) mass is 324 g/mol. The summed E-state index contributed by atoms with van der Waals surface area (Å²) in [5.74, 6) is 2.14. The van der Waals surface area contributed by atoms with Crippen LogP contribution in [0.4, 0.5) is 5.69 Å². The van der Waals surface area contributed by atoms with E-state index in [1.54, 1.807) is 0 Å². The molecular weight excluding hydrogens is 300 g/mol. The molecule has 2 saturated carbocycles. The maximum absolute atomic E-state index is 12.3. The second kappa shape index (κ2) is 7.84. The maximum atomic E-state index is 12.3. The first-order chi connectivity index (χ1) is 10.3. The second-order valence-corrected chi connectivity index (χ2v) is 6.30. The van der Waals surface area contributed by atoms with Crippen LogP contribution in [0.2, 0.25) is 0 Å². The molecule has 0 unspecified atom stereocenters. The molecule has 0 radical (unpaired) electrons. The molecule has 3 N–H and O–H groups in total. The lowest BCUT2D eigenvalue weighted by Crippen LogP contribution is -2.29. The molecule has 2 aliphatic rings. The zero-order valence-corrected chi connectivity index (χ0v) is 13.6. The quantitative estimate of drug-likeness (QED) is 0.844. The molecule has 5 heteroatoms. The Morgan fingerprint density at radius 1 is 1.18 bits per heavy atom. The summed E-state index contributed by atoms with van der Waals surface area (Å²) in [5, 5.41) is 3.00. The van der Waals surface area contributed by atoms with Gasteiger partial charge in [0.2, 0.25) is 5.91 Å². The Hall–Kier alpha value is -1.26. The van der Waals surface area contributed by atoms with Gasteiger partial charge in [-0.25, -0.2) is 0 Å². The van der Waals surface area contributed by atoms with Gasteiger partial charge in [0.15, 0.2) is 0 Å². The molecule has 0 aromatic heterocycles. The fourth-order valence-corrected chi connectivity index (χ4v) is 3.03. The predicted octanol–water partition coefficient (Wildman–Crippen LogP) is 3.21. The van der Waals surface area contributed by atoms with Crippen LogP contribution in [0, 0.1) is 17.8 Å². The van der Waals surface area contributed by atoms with Crippen LogP contribution in [0.15, 0.2) is 24.3 Å². The van der Waals surface area contributed by atoms with Crippen LogP contribution in [-0.2, 0) is 4.79 Å². The molecule has 0 aliphatic heterocycles. The van der Waals surface area contributed by atoms with E-state index in [2.05, 4.69) is 5.32 Å². The van der Waals surface area contributed by atoms with Crippen LogP contribution in [0.25, 0.3) is 0 Å². The minimum absolute atomic E-state index is 0. The van der Waals surface area contributed by atoms with Gasteiger partial charge in [0.25, 0.3) is 0 Å². The highest BCUT2D eigenvalue weighted by Gasteiger charge is 2.31. The zero-order chi connectivity index (χ0) is 14.7. The number of benzene rings is 1. The predicted molar refractivity (Wildman–Crippen MR) is 90.4 cm³/mol. The third-order valence-electron chi connectivity index (χ3n) is 4.60. The molecule has 22 heavy (non-hydrogen) atoms. The maximum Gasteiger partial charge on any atom is 0.227 e. The van der Waals surface area contributed by atoms with E-state index in [0.29, 0.717) is 12.5 Å². The number of hydrogen-bond acceptors (Lipinski definition) is 3. The Morgan fingerprint density at radius 3 is 2.55 bits per heavy atom. The summed E-state index contributed by atoms with van der Waals surface area (Å²) in [6.07, 6.45) is 5.71. The van der Waals surface area contributed by atoms with Crippen LogP contribution in [0.1, 0.15) is 32.1 Å². The van der Waals surface area contributed by atoms with Crippen molar-refractivity contribution in [3.05, 3.63) is 24.3 Å². The molecular formula is C17H25ClN2O2. The van der Waals surface area contributed by atoms with E-state index in [-0.39, 0.29) is 24.2 Å². The van der Waals surface area contributed by atoms with Crippen molar-refractivity contribution in [2.45, 2.75) is 32.1 Å². The summed E-state index contributed by atoms with van der Waals surface area (Å²) in [5.41, 5.74) is 6.58. The van der Waals surface area contributed by atoms with Crippen molar-refractivity contribution in [1.82, 2.24) is 0 Å². The van der Waals surface area contributed by atoms with E-state index in [1.165, 1.54) is 12.8 Å². The van der Waals surface area contributed by atoms with E-state index in [9.17, 15) is 4.79 Å². The van der Waals surface area contributed by atoms with Gasteiger partial charge in [0, 0.05) is 11.6 Å². The zero-order valence-electron chi connectivity index (χ0n) is 12.8. The Morgan fingerprint density at radius 2 is 1.91 bits per heavy atom. The second-order valence-electron chi connectivity index (χ2n) is 6.30. The summed E-state index contributed by atoms with van der Waals surface area (Å²) in [4.78, 5) is 12.3. The van der Waals surface area contributed by atoms with Crippen LogP contribution in [0.3, 0.4) is 0 Å². The van der Waals surface area contributed by atoms with Gasteiger partial charge in [-0.2, -0.15) is 0 Å². The number of ether oxygens (including phenoxy) is 1. The lowest BCUT2D eigenvalue weighted by atomic mass is 9.95. The molecule has 1 aromatic rings. The van der Waals surface area contributed by atoms with Crippen LogP contribution in [0.5, 0.6) is 5.75 Å². The van der Waals surface area contributed by atoms with E-state index in [4.69, 9.17) is 10.5 Å². The van der Waals surface area contributed by atoms with Crippen molar-refractivity contribution in [2.75, 3.05) is 18.5 Å². The number of nitrogens with two attached hydrogens (primary N) is 1. The number of nitrogens with one attached hydrogen (secondary N) is 1. The molecule has 4 nitrogen and oxygen atoms in total. The molecule has 0 bridgehead atoms.